The molecular formula is C12H14N4O2S. The molecule has 19 heavy (non-hydrogen) atoms. The van der Waals surface area contributed by atoms with Gasteiger partial charge in [0.15, 0.2) is 5.69 Å². The minimum atomic E-state index is -1.08. The Morgan fingerprint density at radius 2 is 2.37 bits per heavy atom. The molecule has 100 valence electrons. The fourth-order valence-corrected chi connectivity index (χ4v) is 2.29. The molecule has 0 aliphatic carbocycles. The third kappa shape index (κ3) is 3.11. The van der Waals surface area contributed by atoms with Gasteiger partial charge in [0, 0.05) is 23.7 Å². The van der Waals surface area contributed by atoms with Crippen molar-refractivity contribution < 1.29 is 9.90 Å². The van der Waals surface area contributed by atoms with Crippen molar-refractivity contribution >= 4 is 17.7 Å². The fourth-order valence-electron chi connectivity index (χ4n) is 1.70. The van der Waals surface area contributed by atoms with E-state index in [1.165, 1.54) is 0 Å². The van der Waals surface area contributed by atoms with Crippen LogP contribution in [0.15, 0.2) is 24.5 Å². The largest absolute Gasteiger partial charge is 0.476 e. The number of nitrogens with zero attached hydrogens (tertiary/aromatic N) is 4. The Balaban J connectivity index is 2.37. The average molecular weight is 278 g/mol. The number of hydrogen-bond donors (Lipinski definition) is 1. The second kappa shape index (κ2) is 6.33. The van der Waals surface area contributed by atoms with Crippen molar-refractivity contribution in [1.29, 1.82) is 0 Å². The highest BCUT2D eigenvalue weighted by molar-refractivity contribution is 7.99. The molecule has 7 heteroatoms. The standard InChI is InChI=1S/C12H14N4O2S/c1-2-19-7-6-16-11(9-4-3-5-13-8-9)10(12(17)18)14-15-16/h3-5,8H,2,6-7H2,1H3,(H,17,18). The van der Waals surface area contributed by atoms with E-state index in [9.17, 15) is 9.90 Å². The summed E-state index contributed by atoms with van der Waals surface area (Å²) < 4.78 is 1.63. The van der Waals surface area contributed by atoms with Gasteiger partial charge < -0.3 is 5.11 Å². The zero-order valence-corrected chi connectivity index (χ0v) is 11.3. The Labute approximate surface area is 114 Å². The van der Waals surface area contributed by atoms with E-state index in [1.54, 1.807) is 34.9 Å². The predicted octanol–water partition coefficient (Wildman–Crippen LogP) is 1.79. The summed E-state index contributed by atoms with van der Waals surface area (Å²) in [5, 5.41) is 16.8. The molecule has 6 nitrogen and oxygen atoms in total. The van der Waals surface area contributed by atoms with Gasteiger partial charge in [0.25, 0.3) is 0 Å². The minimum absolute atomic E-state index is 0.0329. The number of aromatic carboxylic acids is 1. The van der Waals surface area contributed by atoms with E-state index in [0.717, 1.165) is 11.5 Å². The van der Waals surface area contributed by atoms with Crippen LogP contribution in [-0.4, -0.2) is 42.6 Å². The first-order valence-electron chi connectivity index (χ1n) is 5.89. The Bertz CT molecular complexity index is 556. The van der Waals surface area contributed by atoms with Gasteiger partial charge in [0.2, 0.25) is 0 Å². The van der Waals surface area contributed by atoms with Gasteiger partial charge in [-0.1, -0.05) is 12.1 Å². The van der Waals surface area contributed by atoms with Crippen molar-refractivity contribution in [2.45, 2.75) is 13.5 Å². The van der Waals surface area contributed by atoms with Gasteiger partial charge >= 0.3 is 5.97 Å². The molecule has 2 heterocycles. The number of carboxylic acid groups (broad SMARTS) is 1. The van der Waals surface area contributed by atoms with Crippen LogP contribution in [-0.2, 0) is 6.54 Å². The molecule has 0 aliphatic rings. The van der Waals surface area contributed by atoms with Gasteiger partial charge in [-0.05, 0) is 17.9 Å². The molecule has 0 amide bonds. The normalized spacial score (nSPS) is 10.6. The average Bonchev–Trinajstić information content (AvgIpc) is 2.84. The Kier molecular flexibility index (Phi) is 4.51. The molecule has 1 N–H and O–H groups in total. The van der Waals surface area contributed by atoms with Crippen LogP contribution in [0.3, 0.4) is 0 Å². The smallest absolute Gasteiger partial charge is 0.358 e. The Morgan fingerprint density at radius 3 is 3.00 bits per heavy atom. The fraction of sp³-hybridized carbons (Fsp3) is 0.333. The highest BCUT2D eigenvalue weighted by atomic mass is 32.2. The summed E-state index contributed by atoms with van der Waals surface area (Å²) in [5.41, 5.74) is 1.19. The quantitative estimate of drug-likeness (QED) is 0.811. The molecule has 0 atom stereocenters. The maximum atomic E-state index is 11.2. The van der Waals surface area contributed by atoms with E-state index >= 15 is 0 Å². The lowest BCUT2D eigenvalue weighted by Crippen LogP contribution is -2.07. The number of rotatable bonds is 6. The molecule has 0 saturated heterocycles. The van der Waals surface area contributed by atoms with Crippen molar-refractivity contribution in [3.05, 3.63) is 30.2 Å². The molecule has 0 aromatic carbocycles. The summed E-state index contributed by atoms with van der Waals surface area (Å²) in [6.45, 7) is 2.71. The number of pyridine rings is 1. The molecule has 0 radical (unpaired) electrons. The van der Waals surface area contributed by atoms with Gasteiger partial charge in [0.05, 0.1) is 6.54 Å². The van der Waals surface area contributed by atoms with Crippen LogP contribution < -0.4 is 0 Å². The monoisotopic (exact) mass is 278 g/mol. The van der Waals surface area contributed by atoms with E-state index in [2.05, 4.69) is 22.2 Å². The van der Waals surface area contributed by atoms with Gasteiger partial charge in [-0.25, -0.2) is 9.48 Å². The van der Waals surface area contributed by atoms with Crippen LogP contribution in [0.5, 0.6) is 0 Å². The van der Waals surface area contributed by atoms with E-state index in [-0.39, 0.29) is 5.69 Å². The highest BCUT2D eigenvalue weighted by Crippen LogP contribution is 2.21. The first-order chi connectivity index (χ1) is 9.24. The zero-order chi connectivity index (χ0) is 13.7. The summed E-state index contributed by atoms with van der Waals surface area (Å²) in [4.78, 5) is 15.2. The molecule has 2 aromatic rings. The molecule has 0 aliphatic heterocycles. The zero-order valence-electron chi connectivity index (χ0n) is 10.5. The number of hydrogen-bond acceptors (Lipinski definition) is 5. The van der Waals surface area contributed by atoms with Gasteiger partial charge in [-0.15, -0.1) is 5.10 Å². The van der Waals surface area contributed by atoms with Gasteiger partial charge in [0.1, 0.15) is 5.69 Å². The van der Waals surface area contributed by atoms with E-state index in [0.29, 0.717) is 17.8 Å². The van der Waals surface area contributed by atoms with Crippen molar-refractivity contribution in [1.82, 2.24) is 20.0 Å². The summed E-state index contributed by atoms with van der Waals surface area (Å²) in [6.07, 6.45) is 3.26. The minimum Gasteiger partial charge on any atom is -0.476 e. The van der Waals surface area contributed by atoms with Crippen molar-refractivity contribution in [3.63, 3.8) is 0 Å². The van der Waals surface area contributed by atoms with Gasteiger partial charge in [-0.2, -0.15) is 11.8 Å². The van der Waals surface area contributed by atoms with Crippen LogP contribution in [0.25, 0.3) is 11.3 Å². The van der Waals surface area contributed by atoms with E-state index in [1.807, 2.05) is 6.07 Å². The Morgan fingerprint density at radius 1 is 1.53 bits per heavy atom. The lowest BCUT2D eigenvalue weighted by Gasteiger charge is -2.06. The molecule has 0 unspecified atom stereocenters. The first-order valence-corrected chi connectivity index (χ1v) is 7.04. The second-order valence-corrected chi connectivity index (χ2v) is 5.15. The number of carboxylic acids is 1. The molecule has 2 aromatic heterocycles. The maximum absolute atomic E-state index is 11.2. The van der Waals surface area contributed by atoms with Crippen molar-refractivity contribution in [2.75, 3.05) is 11.5 Å². The molecule has 2 rings (SSSR count). The molecule has 0 saturated carbocycles. The van der Waals surface area contributed by atoms with Crippen molar-refractivity contribution in [3.8, 4) is 11.3 Å². The predicted molar refractivity (Wildman–Crippen MR) is 73.2 cm³/mol. The summed E-state index contributed by atoms with van der Waals surface area (Å²) >= 11 is 1.77. The van der Waals surface area contributed by atoms with Crippen LogP contribution in [0.4, 0.5) is 0 Å². The van der Waals surface area contributed by atoms with Crippen LogP contribution in [0, 0.1) is 0 Å². The summed E-state index contributed by atoms with van der Waals surface area (Å²) in [7, 11) is 0. The van der Waals surface area contributed by atoms with Crippen molar-refractivity contribution in [2.24, 2.45) is 0 Å². The number of carbonyl (C=O) groups is 1. The number of aryl methyl sites for hydroxylation is 1. The molecule has 0 bridgehead atoms. The van der Waals surface area contributed by atoms with Gasteiger partial charge in [-0.3, -0.25) is 4.98 Å². The van der Waals surface area contributed by atoms with E-state index in [4.69, 9.17) is 0 Å². The maximum Gasteiger partial charge on any atom is 0.358 e. The third-order valence-corrected chi connectivity index (χ3v) is 3.40. The molecule has 0 fully saturated rings. The first kappa shape index (κ1) is 13.5. The van der Waals surface area contributed by atoms with Crippen LogP contribution in [0.2, 0.25) is 0 Å². The number of aromatic nitrogens is 4. The third-order valence-electron chi connectivity index (χ3n) is 2.52. The lowest BCUT2D eigenvalue weighted by atomic mass is 10.1. The summed E-state index contributed by atoms with van der Waals surface area (Å²) in [5.74, 6) is 0.808. The second-order valence-electron chi connectivity index (χ2n) is 3.75. The summed E-state index contributed by atoms with van der Waals surface area (Å²) in [6, 6.07) is 3.57. The molecular weight excluding hydrogens is 264 g/mol. The van der Waals surface area contributed by atoms with Crippen LogP contribution in [0.1, 0.15) is 17.4 Å². The molecule has 0 spiro atoms. The number of thioether (sulfide) groups is 1. The van der Waals surface area contributed by atoms with E-state index < -0.39 is 5.97 Å². The highest BCUT2D eigenvalue weighted by Gasteiger charge is 2.20. The topological polar surface area (TPSA) is 80.9 Å². The van der Waals surface area contributed by atoms with Crippen LogP contribution >= 0.6 is 11.8 Å². The SMILES string of the molecule is CCSCCn1nnc(C(=O)O)c1-c1cccnc1. The lowest BCUT2D eigenvalue weighted by molar-refractivity contribution is 0.0691. The Hall–Kier alpha value is -1.89.